The van der Waals surface area contributed by atoms with Crippen molar-refractivity contribution in [3.8, 4) is 6.07 Å². The van der Waals surface area contributed by atoms with Crippen molar-refractivity contribution in [3.05, 3.63) is 17.5 Å². The summed E-state index contributed by atoms with van der Waals surface area (Å²) in [7, 11) is -1.91. The Morgan fingerprint density at radius 2 is 2.33 bits per heavy atom. The van der Waals surface area contributed by atoms with E-state index in [1.807, 2.05) is 6.07 Å². The third kappa shape index (κ3) is 2.78. The summed E-state index contributed by atoms with van der Waals surface area (Å²) in [6.45, 7) is 1.91. The number of nitriles is 1. The summed E-state index contributed by atoms with van der Waals surface area (Å²) in [6.07, 6.45) is 0. The quantitative estimate of drug-likeness (QED) is 0.807. The minimum Gasteiger partial charge on any atom is -0.206 e. The summed E-state index contributed by atoms with van der Waals surface area (Å²) >= 11 is 1.18. The van der Waals surface area contributed by atoms with E-state index in [0.717, 1.165) is 0 Å². The summed E-state index contributed by atoms with van der Waals surface area (Å²) in [4.78, 5) is 0. The van der Waals surface area contributed by atoms with Crippen LogP contribution in [-0.2, 0) is 10.0 Å². The molecule has 1 aromatic rings. The van der Waals surface area contributed by atoms with Crippen LogP contribution < -0.4 is 0 Å². The molecule has 0 N–H and O–H groups in total. The van der Waals surface area contributed by atoms with Crippen LogP contribution in [0.25, 0.3) is 0 Å². The van der Waals surface area contributed by atoms with Gasteiger partial charge in [-0.1, -0.05) is 6.07 Å². The number of sulfonamides is 1. The molecule has 82 valence electrons. The van der Waals surface area contributed by atoms with Crippen molar-refractivity contribution in [2.24, 2.45) is 5.92 Å². The van der Waals surface area contributed by atoms with Crippen molar-refractivity contribution in [3.63, 3.8) is 0 Å². The predicted molar refractivity (Wildman–Crippen MR) is 58.9 cm³/mol. The molecule has 1 unspecified atom stereocenters. The molecule has 0 aliphatic carbocycles. The average molecular weight is 244 g/mol. The lowest BCUT2D eigenvalue weighted by Gasteiger charge is -2.16. The Morgan fingerprint density at radius 3 is 2.80 bits per heavy atom. The fourth-order valence-electron chi connectivity index (χ4n) is 1.09. The third-order valence-corrected chi connectivity index (χ3v) is 5.11. The monoisotopic (exact) mass is 244 g/mol. The van der Waals surface area contributed by atoms with E-state index in [-0.39, 0.29) is 12.5 Å². The highest BCUT2D eigenvalue weighted by Crippen LogP contribution is 2.20. The maximum absolute atomic E-state index is 11.9. The molecule has 6 heteroatoms. The molecule has 0 amide bonds. The van der Waals surface area contributed by atoms with Gasteiger partial charge < -0.3 is 0 Å². The van der Waals surface area contributed by atoms with Crippen LogP contribution >= 0.6 is 11.3 Å². The molecule has 1 atom stereocenters. The molecule has 1 rings (SSSR count). The second kappa shape index (κ2) is 4.75. The molecule has 0 spiro atoms. The Labute approximate surface area is 93.8 Å². The van der Waals surface area contributed by atoms with Crippen LogP contribution in [0.5, 0.6) is 0 Å². The topological polar surface area (TPSA) is 61.2 Å². The van der Waals surface area contributed by atoms with Crippen molar-refractivity contribution < 1.29 is 8.42 Å². The van der Waals surface area contributed by atoms with Crippen LogP contribution in [0.2, 0.25) is 0 Å². The maximum Gasteiger partial charge on any atom is 0.252 e. The minimum absolute atomic E-state index is 0.219. The van der Waals surface area contributed by atoms with Crippen LogP contribution in [-0.4, -0.2) is 26.3 Å². The van der Waals surface area contributed by atoms with Crippen LogP contribution in [0.3, 0.4) is 0 Å². The van der Waals surface area contributed by atoms with Gasteiger partial charge in [0.15, 0.2) is 0 Å². The van der Waals surface area contributed by atoms with Crippen molar-refractivity contribution in [1.29, 1.82) is 5.26 Å². The second-order valence-electron chi connectivity index (χ2n) is 3.25. The number of hydrogen-bond acceptors (Lipinski definition) is 4. The van der Waals surface area contributed by atoms with E-state index >= 15 is 0 Å². The zero-order valence-electron chi connectivity index (χ0n) is 8.54. The third-order valence-electron chi connectivity index (χ3n) is 1.91. The van der Waals surface area contributed by atoms with Crippen LogP contribution in [0.15, 0.2) is 21.7 Å². The number of rotatable bonds is 4. The first-order valence-corrected chi connectivity index (χ1v) is 6.70. The normalized spacial score (nSPS) is 13.7. The maximum atomic E-state index is 11.9. The Kier molecular flexibility index (Phi) is 3.85. The lowest BCUT2D eigenvalue weighted by molar-refractivity contribution is 0.440. The number of hydrogen-bond donors (Lipinski definition) is 0. The summed E-state index contributed by atoms with van der Waals surface area (Å²) in [5, 5.41) is 10.3. The highest BCUT2D eigenvalue weighted by molar-refractivity contribution is 7.91. The Hall–Kier alpha value is -0.900. The van der Waals surface area contributed by atoms with Crippen LogP contribution in [0, 0.1) is 17.2 Å². The first kappa shape index (κ1) is 12.2. The zero-order valence-corrected chi connectivity index (χ0v) is 10.2. The lowest BCUT2D eigenvalue weighted by atomic mass is 10.2. The van der Waals surface area contributed by atoms with Gasteiger partial charge in [-0.15, -0.1) is 11.3 Å². The first-order valence-electron chi connectivity index (χ1n) is 4.38. The Bertz CT molecular complexity index is 445. The molecule has 1 heterocycles. The van der Waals surface area contributed by atoms with E-state index in [1.54, 1.807) is 24.4 Å². The molecule has 15 heavy (non-hydrogen) atoms. The molecule has 0 fully saturated rings. The van der Waals surface area contributed by atoms with Gasteiger partial charge in [0, 0.05) is 13.6 Å². The van der Waals surface area contributed by atoms with E-state index in [1.165, 1.54) is 22.7 Å². The van der Waals surface area contributed by atoms with Gasteiger partial charge in [0.25, 0.3) is 10.0 Å². The van der Waals surface area contributed by atoms with Gasteiger partial charge in [0.2, 0.25) is 0 Å². The van der Waals surface area contributed by atoms with E-state index < -0.39 is 10.0 Å². The van der Waals surface area contributed by atoms with Crippen LogP contribution in [0.4, 0.5) is 0 Å². The van der Waals surface area contributed by atoms with E-state index in [0.29, 0.717) is 4.21 Å². The summed E-state index contributed by atoms with van der Waals surface area (Å²) < 4.78 is 25.3. The van der Waals surface area contributed by atoms with Gasteiger partial charge in [-0.3, -0.25) is 0 Å². The van der Waals surface area contributed by atoms with Crippen molar-refractivity contribution in [1.82, 2.24) is 4.31 Å². The molecule has 0 saturated carbocycles. The van der Waals surface area contributed by atoms with Gasteiger partial charge in [0.1, 0.15) is 4.21 Å². The number of nitrogens with zero attached hydrogens (tertiary/aromatic N) is 2. The summed E-state index contributed by atoms with van der Waals surface area (Å²) in [5.41, 5.74) is 0. The van der Waals surface area contributed by atoms with E-state index in [9.17, 15) is 8.42 Å². The van der Waals surface area contributed by atoms with Crippen molar-refractivity contribution in [2.45, 2.75) is 11.1 Å². The van der Waals surface area contributed by atoms with Gasteiger partial charge in [-0.05, 0) is 18.4 Å². The predicted octanol–water partition coefficient (Wildman–Crippen LogP) is 1.53. The molecule has 0 aromatic carbocycles. The van der Waals surface area contributed by atoms with E-state index in [2.05, 4.69) is 0 Å². The lowest BCUT2D eigenvalue weighted by Crippen LogP contribution is -2.30. The Balaban J connectivity index is 2.85. The SMILES string of the molecule is CC(C#N)CN(C)S(=O)(=O)c1cccs1. The summed E-state index contributed by atoms with van der Waals surface area (Å²) in [5.74, 6) is -0.301. The van der Waals surface area contributed by atoms with Gasteiger partial charge in [-0.2, -0.15) is 9.57 Å². The largest absolute Gasteiger partial charge is 0.252 e. The van der Waals surface area contributed by atoms with Gasteiger partial charge >= 0.3 is 0 Å². The van der Waals surface area contributed by atoms with E-state index in [4.69, 9.17) is 5.26 Å². The molecule has 0 saturated heterocycles. The molecule has 0 aliphatic rings. The number of thiophene rings is 1. The van der Waals surface area contributed by atoms with Gasteiger partial charge in [-0.25, -0.2) is 8.42 Å². The molecular weight excluding hydrogens is 232 g/mol. The average Bonchev–Trinajstić information content (AvgIpc) is 2.70. The molecule has 0 aliphatic heterocycles. The molecule has 0 radical (unpaired) electrons. The van der Waals surface area contributed by atoms with Crippen molar-refractivity contribution in [2.75, 3.05) is 13.6 Å². The molecule has 0 bridgehead atoms. The molecular formula is C9H12N2O2S2. The minimum atomic E-state index is -3.40. The summed E-state index contributed by atoms with van der Waals surface area (Å²) in [6, 6.07) is 5.27. The first-order chi connectivity index (χ1) is 6.98. The fraction of sp³-hybridized carbons (Fsp3) is 0.444. The van der Waals surface area contributed by atoms with Gasteiger partial charge in [0.05, 0.1) is 12.0 Å². The highest BCUT2D eigenvalue weighted by Gasteiger charge is 2.22. The van der Waals surface area contributed by atoms with Crippen LogP contribution in [0.1, 0.15) is 6.92 Å². The van der Waals surface area contributed by atoms with Crippen molar-refractivity contribution >= 4 is 21.4 Å². The highest BCUT2D eigenvalue weighted by atomic mass is 32.2. The fourth-order valence-corrected chi connectivity index (χ4v) is 3.55. The molecule has 4 nitrogen and oxygen atoms in total. The second-order valence-corrected chi connectivity index (χ2v) is 6.47. The molecule has 1 aromatic heterocycles. The Morgan fingerprint density at radius 1 is 1.67 bits per heavy atom. The standard InChI is InChI=1S/C9H12N2O2S2/c1-8(6-10)7-11(2)15(12,13)9-4-3-5-14-9/h3-5,8H,7H2,1-2H3. The smallest absolute Gasteiger partial charge is 0.206 e. The zero-order chi connectivity index (χ0) is 11.5.